The molecule has 0 saturated carbocycles. The Labute approximate surface area is 202 Å². The van der Waals surface area contributed by atoms with Gasteiger partial charge in [0.05, 0.1) is 4.90 Å². The van der Waals surface area contributed by atoms with Gasteiger partial charge in [0.15, 0.2) is 15.8 Å². The smallest absolute Gasteiger partial charge is 0.251 e. The molecular formula is C22H31IN4O3S. The molecule has 3 N–H and O–H groups in total. The second kappa shape index (κ2) is 13.3. The van der Waals surface area contributed by atoms with Crippen LogP contribution in [0.3, 0.4) is 0 Å². The Hall–Kier alpha value is -2.14. The van der Waals surface area contributed by atoms with Gasteiger partial charge in [-0.3, -0.25) is 9.79 Å². The number of nitrogens with zero attached hydrogens (tertiary/aromatic N) is 1. The minimum absolute atomic E-state index is 0. The van der Waals surface area contributed by atoms with E-state index in [1.807, 2.05) is 44.2 Å². The van der Waals surface area contributed by atoms with Crippen LogP contribution in [0.1, 0.15) is 28.4 Å². The Bertz CT molecular complexity index is 977. The van der Waals surface area contributed by atoms with Crippen molar-refractivity contribution in [3.8, 4) is 0 Å². The highest BCUT2D eigenvalue weighted by Gasteiger charge is 2.06. The molecule has 2 aromatic rings. The first-order valence-electron chi connectivity index (χ1n) is 9.95. The lowest BCUT2D eigenvalue weighted by molar-refractivity contribution is 0.0954. The molecule has 2 rings (SSSR count). The Morgan fingerprint density at radius 1 is 1.00 bits per heavy atom. The van der Waals surface area contributed by atoms with Gasteiger partial charge in [0.2, 0.25) is 0 Å². The van der Waals surface area contributed by atoms with Gasteiger partial charge in [-0.05, 0) is 50.1 Å². The Morgan fingerprint density at radius 2 is 1.68 bits per heavy atom. The summed E-state index contributed by atoms with van der Waals surface area (Å²) in [6.45, 7) is 6.25. The molecule has 1 amide bonds. The fraction of sp³-hybridized carbons (Fsp3) is 0.364. The van der Waals surface area contributed by atoms with Crippen LogP contribution in [0.5, 0.6) is 0 Å². The number of carbonyl (C=O) groups is 1. The van der Waals surface area contributed by atoms with Crippen molar-refractivity contribution in [2.75, 3.05) is 32.4 Å². The Balaban J connectivity index is 0.00000480. The minimum atomic E-state index is -3.18. The van der Waals surface area contributed by atoms with Crippen LogP contribution < -0.4 is 16.0 Å². The zero-order chi connectivity index (χ0) is 22.0. The van der Waals surface area contributed by atoms with Gasteiger partial charge in [-0.15, -0.1) is 24.0 Å². The van der Waals surface area contributed by atoms with E-state index in [0.717, 1.165) is 17.7 Å². The molecule has 170 valence electrons. The van der Waals surface area contributed by atoms with Crippen LogP contribution in [0.2, 0.25) is 0 Å². The van der Waals surface area contributed by atoms with Crippen molar-refractivity contribution in [2.24, 2.45) is 4.99 Å². The van der Waals surface area contributed by atoms with E-state index in [1.165, 1.54) is 6.26 Å². The van der Waals surface area contributed by atoms with E-state index >= 15 is 0 Å². The molecule has 0 fully saturated rings. The molecule has 7 nitrogen and oxygen atoms in total. The molecule has 0 unspecified atom stereocenters. The lowest BCUT2D eigenvalue weighted by Gasteiger charge is -2.12. The van der Waals surface area contributed by atoms with Crippen molar-refractivity contribution < 1.29 is 13.2 Å². The van der Waals surface area contributed by atoms with Crippen molar-refractivity contribution >= 4 is 45.7 Å². The first-order chi connectivity index (χ1) is 14.3. The maximum Gasteiger partial charge on any atom is 0.251 e. The van der Waals surface area contributed by atoms with Crippen LogP contribution in [0.25, 0.3) is 0 Å². The summed E-state index contributed by atoms with van der Waals surface area (Å²) in [5.41, 5.74) is 2.72. The van der Waals surface area contributed by atoms with Crippen LogP contribution in [0.15, 0.2) is 58.4 Å². The number of sulfone groups is 1. The number of hydrogen-bond acceptors (Lipinski definition) is 4. The Morgan fingerprint density at radius 3 is 2.29 bits per heavy atom. The number of nitrogens with one attached hydrogen (secondary N) is 3. The van der Waals surface area contributed by atoms with Crippen LogP contribution in [-0.2, 0) is 16.3 Å². The van der Waals surface area contributed by atoms with E-state index in [0.29, 0.717) is 42.5 Å². The highest BCUT2D eigenvalue weighted by atomic mass is 127. The quantitative estimate of drug-likeness (QED) is 0.190. The molecule has 2 aromatic carbocycles. The van der Waals surface area contributed by atoms with E-state index in [4.69, 9.17) is 0 Å². The monoisotopic (exact) mass is 558 g/mol. The first kappa shape index (κ1) is 26.9. The van der Waals surface area contributed by atoms with Gasteiger partial charge in [-0.2, -0.15) is 0 Å². The molecule has 0 aromatic heterocycles. The molecule has 0 atom stereocenters. The standard InChI is InChI=1S/C22H30N4O3S.HI/c1-4-23-22(25-13-12-18-8-10-20(11-9-18)30(3,28)29)26-15-14-24-21(27)19-7-5-6-17(2)16-19;/h5-11,16H,4,12-15H2,1-3H3,(H,24,27)(H2,23,25,26);1H. The topological polar surface area (TPSA) is 99.7 Å². The summed E-state index contributed by atoms with van der Waals surface area (Å²) in [4.78, 5) is 17.0. The SMILES string of the molecule is CCNC(=NCCc1ccc(S(C)(=O)=O)cc1)NCCNC(=O)c1cccc(C)c1.I. The van der Waals surface area contributed by atoms with Crippen LogP contribution in [0, 0.1) is 6.92 Å². The largest absolute Gasteiger partial charge is 0.357 e. The highest BCUT2D eigenvalue weighted by Crippen LogP contribution is 2.10. The molecule has 31 heavy (non-hydrogen) atoms. The summed E-state index contributed by atoms with van der Waals surface area (Å²) < 4.78 is 23.0. The molecule has 0 heterocycles. The predicted molar refractivity (Wildman–Crippen MR) is 136 cm³/mol. The lowest BCUT2D eigenvalue weighted by atomic mass is 10.1. The van der Waals surface area contributed by atoms with Crippen molar-refractivity contribution in [3.63, 3.8) is 0 Å². The average molecular weight is 558 g/mol. The van der Waals surface area contributed by atoms with Crippen LogP contribution in [0.4, 0.5) is 0 Å². The zero-order valence-corrected chi connectivity index (χ0v) is 21.3. The molecule has 0 radical (unpaired) electrons. The van der Waals surface area contributed by atoms with E-state index in [9.17, 15) is 13.2 Å². The van der Waals surface area contributed by atoms with Gasteiger partial charge < -0.3 is 16.0 Å². The van der Waals surface area contributed by atoms with Crippen LogP contribution in [-0.4, -0.2) is 52.7 Å². The van der Waals surface area contributed by atoms with Crippen LogP contribution >= 0.6 is 24.0 Å². The Kier molecular flexibility index (Phi) is 11.5. The van der Waals surface area contributed by atoms with E-state index in [-0.39, 0.29) is 29.9 Å². The molecule has 0 aliphatic heterocycles. The maximum atomic E-state index is 12.2. The van der Waals surface area contributed by atoms with Crippen molar-refractivity contribution in [1.82, 2.24) is 16.0 Å². The van der Waals surface area contributed by atoms with Crippen molar-refractivity contribution in [2.45, 2.75) is 25.2 Å². The maximum absolute atomic E-state index is 12.2. The lowest BCUT2D eigenvalue weighted by Crippen LogP contribution is -2.41. The molecule has 0 aliphatic carbocycles. The fourth-order valence-corrected chi connectivity index (χ4v) is 3.42. The third-order valence-corrected chi connectivity index (χ3v) is 5.48. The van der Waals surface area contributed by atoms with Crippen molar-refractivity contribution in [3.05, 3.63) is 65.2 Å². The number of aliphatic imine (C=N–C) groups is 1. The van der Waals surface area contributed by atoms with Gasteiger partial charge >= 0.3 is 0 Å². The van der Waals surface area contributed by atoms with Gasteiger partial charge in [-0.25, -0.2) is 8.42 Å². The van der Waals surface area contributed by atoms with Gasteiger partial charge in [0.25, 0.3) is 5.91 Å². The summed E-state index contributed by atoms with van der Waals surface area (Å²) in [5.74, 6) is 0.579. The summed E-state index contributed by atoms with van der Waals surface area (Å²) in [5, 5.41) is 9.26. The molecule has 9 heteroatoms. The van der Waals surface area contributed by atoms with Gasteiger partial charge in [0, 0.05) is 38.0 Å². The molecular weight excluding hydrogens is 527 g/mol. The first-order valence-corrected chi connectivity index (χ1v) is 11.8. The number of carbonyl (C=O) groups excluding carboxylic acids is 1. The number of rotatable bonds is 9. The summed E-state index contributed by atoms with van der Waals surface area (Å²) in [6, 6.07) is 14.3. The number of halogens is 1. The average Bonchev–Trinajstić information content (AvgIpc) is 2.70. The molecule has 0 aliphatic rings. The molecule has 0 saturated heterocycles. The minimum Gasteiger partial charge on any atom is -0.357 e. The third-order valence-electron chi connectivity index (χ3n) is 4.35. The summed E-state index contributed by atoms with van der Waals surface area (Å²) >= 11 is 0. The highest BCUT2D eigenvalue weighted by molar-refractivity contribution is 14.0. The fourth-order valence-electron chi connectivity index (χ4n) is 2.79. The predicted octanol–water partition coefficient (Wildman–Crippen LogP) is 2.54. The number of hydrogen-bond donors (Lipinski definition) is 3. The third kappa shape index (κ3) is 9.69. The second-order valence-corrected chi connectivity index (χ2v) is 8.99. The number of benzene rings is 2. The molecule has 0 spiro atoms. The van der Waals surface area contributed by atoms with E-state index in [2.05, 4.69) is 20.9 Å². The normalized spacial score (nSPS) is 11.4. The number of guanidine groups is 1. The second-order valence-electron chi connectivity index (χ2n) is 6.98. The van der Waals surface area contributed by atoms with Crippen molar-refractivity contribution in [1.29, 1.82) is 0 Å². The van der Waals surface area contributed by atoms with Gasteiger partial charge in [-0.1, -0.05) is 29.8 Å². The number of amides is 1. The number of aryl methyl sites for hydroxylation is 1. The summed E-state index contributed by atoms with van der Waals surface area (Å²) in [7, 11) is -3.18. The molecule has 0 bridgehead atoms. The summed E-state index contributed by atoms with van der Waals surface area (Å²) in [6.07, 6.45) is 1.90. The zero-order valence-electron chi connectivity index (χ0n) is 18.1. The van der Waals surface area contributed by atoms with E-state index < -0.39 is 9.84 Å². The van der Waals surface area contributed by atoms with E-state index in [1.54, 1.807) is 18.2 Å². The van der Waals surface area contributed by atoms with Gasteiger partial charge in [0.1, 0.15) is 0 Å².